The average Bonchev–Trinajstić information content (AvgIpc) is 3.13. The number of allylic oxidation sites excluding steroid dienone is 1. The van der Waals surface area contributed by atoms with Crippen LogP contribution in [0.2, 0.25) is 18.6 Å². The fraction of sp³-hybridized carbons (Fsp3) is 0.857. The minimum absolute atomic E-state index is 0. The van der Waals surface area contributed by atoms with E-state index in [2.05, 4.69) is 11.3 Å². The molecule has 0 aromatic rings. The molecule has 0 bridgehead atoms. The normalized spacial score (nSPS) is 12.7. The van der Waals surface area contributed by atoms with Gasteiger partial charge in [-0.15, -0.1) is 0 Å². The first-order valence-corrected chi connectivity index (χ1v) is 22.4. The predicted octanol–water partition coefficient (Wildman–Crippen LogP) is 4.85. The van der Waals surface area contributed by atoms with Gasteiger partial charge in [-0.1, -0.05) is 48.1 Å². The molecule has 0 fully saturated rings. The van der Waals surface area contributed by atoms with Gasteiger partial charge in [-0.2, -0.15) is 0 Å². The summed E-state index contributed by atoms with van der Waals surface area (Å²) in [6, 6.07) is 1.36. The Bertz CT molecular complexity index is 880. The lowest BCUT2D eigenvalue weighted by Crippen LogP contribution is -2.47. The van der Waals surface area contributed by atoms with Crippen LogP contribution in [0.4, 0.5) is 0 Å². The van der Waals surface area contributed by atoms with E-state index in [1.54, 1.807) is 42.3 Å². The van der Waals surface area contributed by atoms with Gasteiger partial charge < -0.3 is 56.4 Å². The first-order valence-electron chi connectivity index (χ1n) is 17.9. The Morgan fingerprint density at radius 2 is 1.00 bits per heavy atom. The summed E-state index contributed by atoms with van der Waals surface area (Å²) in [4.78, 5) is 33.9. The summed E-state index contributed by atoms with van der Waals surface area (Å²) in [5.41, 5.74) is 0. The zero-order valence-electron chi connectivity index (χ0n) is 34.3. The molecule has 0 aliphatic rings. The van der Waals surface area contributed by atoms with E-state index in [0.717, 1.165) is 31.7 Å². The van der Waals surface area contributed by atoms with Crippen LogP contribution in [0.15, 0.2) is 12.3 Å². The van der Waals surface area contributed by atoms with Gasteiger partial charge >= 0.3 is 35.3 Å². The molecule has 0 aromatic heterocycles. The van der Waals surface area contributed by atoms with Crippen LogP contribution in [0.25, 0.3) is 0 Å². The van der Waals surface area contributed by atoms with Gasteiger partial charge in [-0.3, -0.25) is 14.4 Å². The Morgan fingerprint density at radius 3 is 1.31 bits per heavy atom. The summed E-state index contributed by atoms with van der Waals surface area (Å²) < 4.78 is 53.5. The van der Waals surface area contributed by atoms with E-state index in [1.165, 1.54) is 0 Å². The lowest BCUT2D eigenvalue weighted by Gasteiger charge is -2.30. The molecule has 0 aliphatic heterocycles. The Hall–Kier alpha value is -1.94. The van der Waals surface area contributed by atoms with Crippen molar-refractivity contribution in [2.45, 2.75) is 99.2 Å². The average molecular weight is 791 g/mol. The third kappa shape index (κ3) is 30.5. The lowest BCUT2D eigenvalue weighted by atomic mass is 10.1. The summed E-state index contributed by atoms with van der Waals surface area (Å²) in [5.74, 6) is -0.142. The molecule has 0 saturated heterocycles. The van der Waals surface area contributed by atoms with Gasteiger partial charge in [0.25, 0.3) is 0 Å². The van der Waals surface area contributed by atoms with E-state index in [9.17, 15) is 14.4 Å². The number of ether oxygens (including phenoxy) is 5. The van der Waals surface area contributed by atoms with Gasteiger partial charge in [0.15, 0.2) is 0 Å². The number of aliphatic hydroxyl groups is 1. The molecule has 3 N–H and O–H groups in total. The maximum absolute atomic E-state index is 11.7. The highest BCUT2D eigenvalue weighted by Gasteiger charge is 2.43. The van der Waals surface area contributed by atoms with Crippen molar-refractivity contribution < 1.29 is 70.8 Å². The number of rotatable bonds is 28. The zero-order chi connectivity index (χ0) is 39.7. The lowest BCUT2D eigenvalue weighted by molar-refractivity contribution is -0.149. The van der Waals surface area contributed by atoms with Crippen molar-refractivity contribution in [2.24, 2.45) is 17.8 Å². The Balaban J connectivity index is -0.000000365. The van der Waals surface area contributed by atoms with Crippen molar-refractivity contribution in [3.05, 3.63) is 12.3 Å². The van der Waals surface area contributed by atoms with Crippen LogP contribution in [0.3, 0.4) is 0 Å². The number of esters is 3. The topological polar surface area (TPSA) is 195 Å². The second kappa shape index (κ2) is 36.1. The summed E-state index contributed by atoms with van der Waals surface area (Å²) in [6.07, 6.45) is 3.75. The molecular weight excluding hydrogens is 717 g/mol. The number of aliphatic hydroxyl groups excluding tert-OH is 1. The predicted molar refractivity (Wildman–Crippen MR) is 204 cm³/mol. The molecular formula is C35H74O15Si2. The number of carbonyl (C=O) groups excluding carboxylic acids is 3. The largest absolute Gasteiger partial charge is 0.566 e. The van der Waals surface area contributed by atoms with E-state index in [-0.39, 0.29) is 54.4 Å². The van der Waals surface area contributed by atoms with Crippen molar-refractivity contribution in [3.8, 4) is 0 Å². The third-order valence-electron chi connectivity index (χ3n) is 7.68. The van der Waals surface area contributed by atoms with Crippen LogP contribution in [0.1, 0.15) is 80.6 Å². The van der Waals surface area contributed by atoms with Gasteiger partial charge in [-0.05, 0) is 51.6 Å². The second-order valence-electron chi connectivity index (χ2n) is 12.1. The van der Waals surface area contributed by atoms with Gasteiger partial charge in [0.05, 0.1) is 69.8 Å². The van der Waals surface area contributed by atoms with Crippen LogP contribution in [0, 0.1) is 17.8 Å². The molecule has 0 amide bonds. The van der Waals surface area contributed by atoms with Crippen LogP contribution < -0.4 is 0 Å². The summed E-state index contributed by atoms with van der Waals surface area (Å²) in [5, 5.41) is 8.29. The summed E-state index contributed by atoms with van der Waals surface area (Å²) in [7, 11) is 1.55. The minimum Gasteiger partial charge on any atom is -0.505 e. The SMILES string of the molecule is C=C(C)O[Si](CCCOC(=O)C(C)CC)(OCCOC)OCCOC.CCC(C)C(=O)OCCC[Si](C)(OC)OC.CCC(C)C(=O)OCCO.O. The number of hydrogen-bond acceptors (Lipinski definition) is 14. The Labute approximate surface area is 316 Å². The van der Waals surface area contributed by atoms with Crippen molar-refractivity contribution >= 4 is 35.3 Å². The van der Waals surface area contributed by atoms with E-state index in [0.29, 0.717) is 57.9 Å². The van der Waals surface area contributed by atoms with Gasteiger partial charge in [0, 0.05) is 34.5 Å². The van der Waals surface area contributed by atoms with Crippen LogP contribution in [0.5, 0.6) is 0 Å². The smallest absolute Gasteiger partial charge is 0.505 e. The van der Waals surface area contributed by atoms with E-state index < -0.39 is 17.4 Å². The molecule has 0 rings (SSSR count). The highest BCUT2D eigenvalue weighted by Crippen LogP contribution is 2.21. The van der Waals surface area contributed by atoms with Crippen molar-refractivity contribution in [3.63, 3.8) is 0 Å². The van der Waals surface area contributed by atoms with Crippen molar-refractivity contribution in [2.75, 3.05) is 81.3 Å². The van der Waals surface area contributed by atoms with Crippen molar-refractivity contribution in [1.82, 2.24) is 0 Å². The standard InChI is InChI=1S/C17H34O7Si.C11H24O4Si.C7H14O3.H2O/c1-7-16(4)17(18)21-9-8-14-25(24-15(2)3,22-12-10-19-5)23-13-11-20-6;1-6-10(2)11(12)15-8-7-9-16(5,13-3)14-4;1-3-6(2)7(9)10-5-4-8;/h16H,2,7-14H2,1,3-6H3;10H,6-9H2,1-5H3;6,8H,3-5H2,1-2H3;1H2. The summed E-state index contributed by atoms with van der Waals surface area (Å²) >= 11 is 0. The Kier molecular flexibility index (Phi) is 39.4. The molecule has 3 atom stereocenters. The second-order valence-corrected chi connectivity index (χ2v) is 18.3. The first-order chi connectivity index (χ1) is 24.1. The van der Waals surface area contributed by atoms with Crippen LogP contribution >= 0.6 is 0 Å². The highest BCUT2D eigenvalue weighted by molar-refractivity contribution is 6.65. The zero-order valence-corrected chi connectivity index (χ0v) is 36.3. The molecule has 17 heteroatoms. The first kappa shape index (κ1) is 56.8. The molecule has 0 heterocycles. The number of methoxy groups -OCH3 is 2. The van der Waals surface area contributed by atoms with Crippen LogP contribution in [-0.4, -0.2) is 127 Å². The van der Waals surface area contributed by atoms with E-state index >= 15 is 0 Å². The summed E-state index contributed by atoms with van der Waals surface area (Å²) in [6.45, 7) is 21.3. The minimum atomic E-state index is -2.99. The number of carbonyl (C=O) groups is 3. The molecule has 0 aromatic carbocycles. The van der Waals surface area contributed by atoms with E-state index in [4.69, 9.17) is 46.2 Å². The van der Waals surface area contributed by atoms with E-state index in [1.807, 2.05) is 41.2 Å². The quantitative estimate of drug-likeness (QED) is 0.0371. The fourth-order valence-corrected chi connectivity index (χ4v) is 7.36. The molecule has 312 valence electrons. The maximum Gasteiger partial charge on any atom is 0.566 e. The van der Waals surface area contributed by atoms with Gasteiger partial charge in [-0.25, -0.2) is 0 Å². The molecule has 0 radical (unpaired) electrons. The molecule has 3 unspecified atom stereocenters. The van der Waals surface area contributed by atoms with Gasteiger partial charge in [0.2, 0.25) is 0 Å². The third-order valence-corrected chi connectivity index (χ3v) is 13.6. The Morgan fingerprint density at radius 1 is 0.635 bits per heavy atom. The molecule has 0 aliphatic carbocycles. The van der Waals surface area contributed by atoms with Crippen LogP contribution in [-0.2, 0) is 60.2 Å². The van der Waals surface area contributed by atoms with Crippen molar-refractivity contribution in [1.29, 1.82) is 0 Å². The monoisotopic (exact) mass is 790 g/mol. The highest BCUT2D eigenvalue weighted by atomic mass is 28.4. The molecule has 0 spiro atoms. The molecule has 52 heavy (non-hydrogen) atoms. The molecule has 15 nitrogen and oxygen atoms in total. The number of hydrogen-bond donors (Lipinski definition) is 1. The van der Waals surface area contributed by atoms with Gasteiger partial charge in [0.1, 0.15) is 6.61 Å². The fourth-order valence-electron chi connectivity index (χ4n) is 3.51. The molecule has 0 saturated carbocycles. The maximum atomic E-state index is 11.7.